The predicted octanol–water partition coefficient (Wildman–Crippen LogP) is 3.62. The minimum Gasteiger partial charge on any atom is -0.494 e. The summed E-state index contributed by atoms with van der Waals surface area (Å²) in [4.78, 5) is 12.2. The number of hydrogen-bond acceptors (Lipinski definition) is 3. The van der Waals surface area contributed by atoms with Gasteiger partial charge in [0.25, 0.3) is 5.91 Å². The monoisotopic (exact) mass is 284 g/mol. The molecule has 0 bridgehead atoms. The van der Waals surface area contributed by atoms with Crippen LogP contribution in [-0.2, 0) is 0 Å². The Bertz CT molecular complexity index is 621. The molecule has 1 amide bonds. The molecular formula is C17H20N2O2. The Labute approximate surface area is 124 Å². The van der Waals surface area contributed by atoms with Crippen LogP contribution in [0.4, 0.5) is 11.4 Å². The van der Waals surface area contributed by atoms with Crippen LogP contribution in [0.15, 0.2) is 42.5 Å². The molecule has 0 spiro atoms. The van der Waals surface area contributed by atoms with Crippen molar-refractivity contribution in [3.8, 4) is 5.75 Å². The number of aryl methyl sites for hydroxylation is 1. The summed E-state index contributed by atoms with van der Waals surface area (Å²) < 4.78 is 5.50. The van der Waals surface area contributed by atoms with Gasteiger partial charge in [0.15, 0.2) is 0 Å². The van der Waals surface area contributed by atoms with Crippen LogP contribution < -0.4 is 15.8 Å². The minimum atomic E-state index is -0.152. The maximum absolute atomic E-state index is 12.2. The Hall–Kier alpha value is -2.49. The van der Waals surface area contributed by atoms with Gasteiger partial charge >= 0.3 is 0 Å². The number of nitrogens with two attached hydrogens (primary N) is 1. The molecule has 3 N–H and O–H groups in total. The van der Waals surface area contributed by atoms with Gasteiger partial charge in [0.2, 0.25) is 0 Å². The molecule has 4 nitrogen and oxygen atoms in total. The van der Waals surface area contributed by atoms with Gasteiger partial charge in [-0.2, -0.15) is 0 Å². The second-order valence-corrected chi connectivity index (χ2v) is 4.90. The number of anilines is 2. The number of rotatable bonds is 5. The zero-order chi connectivity index (χ0) is 15.2. The van der Waals surface area contributed by atoms with E-state index in [9.17, 15) is 4.79 Å². The summed E-state index contributed by atoms with van der Waals surface area (Å²) in [7, 11) is 0. The van der Waals surface area contributed by atoms with E-state index in [-0.39, 0.29) is 5.91 Å². The van der Waals surface area contributed by atoms with Gasteiger partial charge in [0.1, 0.15) is 5.75 Å². The fourth-order valence-electron chi connectivity index (χ4n) is 1.87. The Kier molecular flexibility index (Phi) is 4.82. The Balaban J connectivity index is 2.03. The van der Waals surface area contributed by atoms with Crippen molar-refractivity contribution in [1.82, 2.24) is 0 Å². The van der Waals surface area contributed by atoms with Crippen LogP contribution >= 0.6 is 0 Å². The van der Waals surface area contributed by atoms with Crippen LogP contribution in [0.25, 0.3) is 0 Å². The number of amides is 1. The molecule has 2 aromatic rings. The van der Waals surface area contributed by atoms with Crippen LogP contribution in [-0.4, -0.2) is 12.5 Å². The van der Waals surface area contributed by atoms with Crippen molar-refractivity contribution in [2.24, 2.45) is 0 Å². The Morgan fingerprint density at radius 3 is 2.52 bits per heavy atom. The van der Waals surface area contributed by atoms with E-state index in [4.69, 9.17) is 10.5 Å². The van der Waals surface area contributed by atoms with Crippen molar-refractivity contribution in [2.45, 2.75) is 20.3 Å². The van der Waals surface area contributed by atoms with E-state index >= 15 is 0 Å². The van der Waals surface area contributed by atoms with E-state index in [2.05, 4.69) is 12.2 Å². The number of carbonyl (C=O) groups excluding carboxylic acids is 1. The van der Waals surface area contributed by atoms with Crippen LogP contribution in [0.2, 0.25) is 0 Å². The molecule has 0 heterocycles. The molecule has 0 aromatic heterocycles. The first-order valence-corrected chi connectivity index (χ1v) is 7.00. The third-order valence-electron chi connectivity index (χ3n) is 3.12. The molecule has 0 saturated heterocycles. The first kappa shape index (κ1) is 14.9. The molecular weight excluding hydrogens is 264 g/mol. The molecule has 0 aliphatic heterocycles. The first-order chi connectivity index (χ1) is 10.1. The normalized spacial score (nSPS) is 10.2. The first-order valence-electron chi connectivity index (χ1n) is 7.00. The number of benzene rings is 2. The molecule has 0 aliphatic carbocycles. The van der Waals surface area contributed by atoms with Gasteiger partial charge in [-0.25, -0.2) is 0 Å². The number of nitrogens with one attached hydrogen (secondary N) is 1. The van der Waals surface area contributed by atoms with Crippen molar-refractivity contribution in [1.29, 1.82) is 0 Å². The number of carbonyl (C=O) groups is 1. The van der Waals surface area contributed by atoms with Crippen LogP contribution in [0.5, 0.6) is 5.75 Å². The minimum absolute atomic E-state index is 0.152. The number of ether oxygens (including phenoxy) is 1. The summed E-state index contributed by atoms with van der Waals surface area (Å²) in [6, 6.07) is 12.6. The van der Waals surface area contributed by atoms with Crippen LogP contribution in [0, 0.1) is 6.92 Å². The molecule has 0 unspecified atom stereocenters. The third-order valence-corrected chi connectivity index (χ3v) is 3.12. The predicted molar refractivity (Wildman–Crippen MR) is 85.8 cm³/mol. The van der Waals surface area contributed by atoms with Gasteiger partial charge < -0.3 is 15.8 Å². The maximum atomic E-state index is 12.2. The van der Waals surface area contributed by atoms with E-state index in [0.717, 1.165) is 23.4 Å². The summed E-state index contributed by atoms with van der Waals surface area (Å²) in [5, 5.41) is 2.85. The second kappa shape index (κ2) is 6.79. The molecule has 0 saturated carbocycles. The number of nitrogen functional groups attached to an aromatic ring is 1. The molecule has 110 valence electrons. The summed E-state index contributed by atoms with van der Waals surface area (Å²) in [6.45, 7) is 4.63. The van der Waals surface area contributed by atoms with Gasteiger partial charge in [0, 0.05) is 16.9 Å². The van der Waals surface area contributed by atoms with Gasteiger partial charge in [0.05, 0.1) is 6.61 Å². The van der Waals surface area contributed by atoms with E-state index in [1.165, 1.54) is 0 Å². The van der Waals surface area contributed by atoms with Crippen molar-refractivity contribution in [3.63, 3.8) is 0 Å². The highest BCUT2D eigenvalue weighted by atomic mass is 16.5. The zero-order valence-electron chi connectivity index (χ0n) is 12.3. The van der Waals surface area contributed by atoms with E-state index in [1.807, 2.05) is 31.2 Å². The van der Waals surface area contributed by atoms with Gasteiger partial charge in [-0.15, -0.1) is 0 Å². The van der Waals surface area contributed by atoms with Crippen molar-refractivity contribution >= 4 is 17.3 Å². The zero-order valence-corrected chi connectivity index (χ0v) is 12.3. The van der Waals surface area contributed by atoms with Crippen LogP contribution in [0.3, 0.4) is 0 Å². The Morgan fingerprint density at radius 1 is 1.19 bits per heavy atom. The molecule has 0 radical (unpaired) electrons. The molecule has 4 heteroatoms. The second-order valence-electron chi connectivity index (χ2n) is 4.90. The largest absolute Gasteiger partial charge is 0.494 e. The third kappa shape index (κ3) is 3.99. The highest BCUT2D eigenvalue weighted by Gasteiger charge is 2.07. The number of hydrogen-bond donors (Lipinski definition) is 2. The van der Waals surface area contributed by atoms with Crippen LogP contribution in [0.1, 0.15) is 29.3 Å². The van der Waals surface area contributed by atoms with E-state index in [0.29, 0.717) is 17.9 Å². The fraction of sp³-hybridized carbons (Fsp3) is 0.235. The van der Waals surface area contributed by atoms with Gasteiger partial charge in [-0.05, 0) is 61.4 Å². The fourth-order valence-corrected chi connectivity index (χ4v) is 1.87. The van der Waals surface area contributed by atoms with Gasteiger partial charge in [-0.3, -0.25) is 4.79 Å². The Morgan fingerprint density at radius 2 is 1.90 bits per heavy atom. The quantitative estimate of drug-likeness (QED) is 0.824. The molecule has 2 aromatic carbocycles. The summed E-state index contributed by atoms with van der Waals surface area (Å²) in [5.74, 6) is 0.651. The lowest BCUT2D eigenvalue weighted by Gasteiger charge is -2.08. The van der Waals surface area contributed by atoms with Crippen molar-refractivity contribution in [2.75, 3.05) is 17.7 Å². The summed E-state index contributed by atoms with van der Waals surface area (Å²) >= 11 is 0. The van der Waals surface area contributed by atoms with E-state index < -0.39 is 0 Å². The smallest absolute Gasteiger partial charge is 0.255 e. The average molecular weight is 284 g/mol. The summed E-state index contributed by atoms with van der Waals surface area (Å²) in [6.07, 6.45) is 0.967. The maximum Gasteiger partial charge on any atom is 0.255 e. The van der Waals surface area contributed by atoms with Gasteiger partial charge in [-0.1, -0.05) is 6.92 Å². The molecule has 21 heavy (non-hydrogen) atoms. The standard InChI is InChI=1S/C17H20N2O2/c1-3-10-21-15-7-5-14(6-8-15)19-17(20)13-4-9-16(18)12(2)11-13/h4-9,11H,3,10,18H2,1-2H3,(H,19,20). The van der Waals surface area contributed by atoms with Crippen molar-refractivity contribution < 1.29 is 9.53 Å². The SMILES string of the molecule is CCCOc1ccc(NC(=O)c2ccc(N)c(C)c2)cc1. The van der Waals surface area contributed by atoms with E-state index in [1.54, 1.807) is 18.2 Å². The lowest BCUT2D eigenvalue weighted by Crippen LogP contribution is -2.12. The molecule has 0 aliphatic rings. The van der Waals surface area contributed by atoms with Crippen molar-refractivity contribution in [3.05, 3.63) is 53.6 Å². The lowest BCUT2D eigenvalue weighted by atomic mass is 10.1. The topological polar surface area (TPSA) is 64.3 Å². The highest BCUT2D eigenvalue weighted by molar-refractivity contribution is 6.04. The highest BCUT2D eigenvalue weighted by Crippen LogP contribution is 2.18. The average Bonchev–Trinajstić information content (AvgIpc) is 2.49. The lowest BCUT2D eigenvalue weighted by molar-refractivity contribution is 0.102. The summed E-state index contributed by atoms with van der Waals surface area (Å²) in [5.41, 5.74) is 8.66. The molecule has 2 rings (SSSR count). The molecule has 0 fully saturated rings. The molecule has 0 atom stereocenters.